The highest BCUT2D eigenvalue weighted by atomic mass is 32.1. The summed E-state index contributed by atoms with van der Waals surface area (Å²) < 4.78 is 2.14. The summed E-state index contributed by atoms with van der Waals surface area (Å²) in [5, 5.41) is 11.5. The summed E-state index contributed by atoms with van der Waals surface area (Å²) in [5.74, 6) is 1.93. The van der Waals surface area contributed by atoms with Crippen LogP contribution >= 0.6 is 11.3 Å². The molecule has 3 heterocycles. The van der Waals surface area contributed by atoms with Gasteiger partial charge in [0.25, 0.3) is 5.91 Å². The van der Waals surface area contributed by atoms with Gasteiger partial charge in [0.05, 0.1) is 10.9 Å². The van der Waals surface area contributed by atoms with Gasteiger partial charge in [-0.1, -0.05) is 0 Å². The van der Waals surface area contributed by atoms with E-state index in [1.807, 2.05) is 6.92 Å². The molecule has 0 bridgehead atoms. The van der Waals surface area contributed by atoms with E-state index in [1.54, 1.807) is 11.3 Å². The van der Waals surface area contributed by atoms with Crippen molar-refractivity contribution in [3.05, 3.63) is 33.0 Å². The maximum atomic E-state index is 12.4. The average molecular weight is 302 g/mol. The zero-order valence-electron chi connectivity index (χ0n) is 12.1. The Morgan fingerprint density at radius 3 is 3.10 bits per heavy atom. The van der Waals surface area contributed by atoms with Crippen LogP contribution in [0.15, 0.2) is 6.07 Å². The lowest BCUT2D eigenvalue weighted by Gasteiger charge is -2.13. The lowest BCUT2D eigenvalue weighted by molar-refractivity contribution is 0.0941. The quantitative estimate of drug-likeness (QED) is 0.946. The summed E-state index contributed by atoms with van der Waals surface area (Å²) in [6.07, 6.45) is 5.58. The fourth-order valence-corrected chi connectivity index (χ4v) is 4.42. The Bertz CT molecular complexity index is 681. The van der Waals surface area contributed by atoms with Crippen LogP contribution in [0.25, 0.3) is 0 Å². The SMILES string of the molecule is CC(NC(=O)c1cc2c(s1)CCC2)c1nnc2n1CCC2. The van der Waals surface area contributed by atoms with Crippen LogP contribution in [-0.4, -0.2) is 20.7 Å². The molecule has 1 N–H and O–H groups in total. The van der Waals surface area contributed by atoms with Gasteiger partial charge in [-0.2, -0.15) is 0 Å². The minimum atomic E-state index is -0.103. The Morgan fingerprint density at radius 2 is 2.24 bits per heavy atom. The first-order valence-corrected chi connectivity index (χ1v) is 8.38. The molecule has 0 spiro atoms. The molecule has 2 aromatic heterocycles. The summed E-state index contributed by atoms with van der Waals surface area (Å²) in [4.78, 5) is 14.6. The fraction of sp³-hybridized carbons (Fsp3) is 0.533. The van der Waals surface area contributed by atoms with Crippen LogP contribution in [0.1, 0.15) is 57.6 Å². The van der Waals surface area contributed by atoms with Crippen LogP contribution in [0.5, 0.6) is 0 Å². The van der Waals surface area contributed by atoms with Crippen molar-refractivity contribution in [2.75, 3.05) is 0 Å². The molecule has 0 saturated carbocycles. The maximum Gasteiger partial charge on any atom is 0.261 e. The molecule has 1 aliphatic carbocycles. The molecule has 6 heteroatoms. The van der Waals surface area contributed by atoms with Crippen LogP contribution in [0.3, 0.4) is 0 Å². The number of nitrogens with one attached hydrogen (secondary N) is 1. The van der Waals surface area contributed by atoms with Crippen LogP contribution in [0, 0.1) is 0 Å². The molecule has 2 aliphatic rings. The Morgan fingerprint density at radius 1 is 1.33 bits per heavy atom. The third-order valence-corrected chi connectivity index (χ3v) is 5.58. The topological polar surface area (TPSA) is 59.8 Å². The molecular formula is C15H18N4OS. The van der Waals surface area contributed by atoms with Crippen molar-refractivity contribution in [2.24, 2.45) is 0 Å². The fourth-order valence-electron chi connectivity index (χ4n) is 3.27. The largest absolute Gasteiger partial charge is 0.342 e. The predicted molar refractivity (Wildman–Crippen MR) is 80.6 cm³/mol. The Balaban J connectivity index is 1.50. The molecule has 0 fully saturated rings. The summed E-state index contributed by atoms with van der Waals surface area (Å²) in [6, 6.07) is 1.96. The monoisotopic (exact) mass is 302 g/mol. The molecule has 21 heavy (non-hydrogen) atoms. The molecular weight excluding hydrogens is 284 g/mol. The van der Waals surface area contributed by atoms with E-state index in [0.29, 0.717) is 0 Å². The second kappa shape index (κ2) is 4.94. The number of carbonyl (C=O) groups excluding carboxylic acids is 1. The van der Waals surface area contributed by atoms with Crippen molar-refractivity contribution in [1.82, 2.24) is 20.1 Å². The number of rotatable bonds is 3. The van der Waals surface area contributed by atoms with Crippen molar-refractivity contribution in [2.45, 2.75) is 51.6 Å². The van der Waals surface area contributed by atoms with Crippen molar-refractivity contribution >= 4 is 17.2 Å². The molecule has 4 rings (SSSR count). The number of carbonyl (C=O) groups is 1. The van der Waals surface area contributed by atoms with Crippen LogP contribution < -0.4 is 5.32 Å². The molecule has 2 aromatic rings. The van der Waals surface area contributed by atoms with Gasteiger partial charge < -0.3 is 9.88 Å². The summed E-state index contributed by atoms with van der Waals surface area (Å²) in [6.45, 7) is 2.94. The van der Waals surface area contributed by atoms with Gasteiger partial charge in [-0.05, 0) is 44.2 Å². The molecule has 0 radical (unpaired) electrons. The molecule has 0 saturated heterocycles. The number of aryl methyl sites for hydroxylation is 3. The second-order valence-corrected chi connectivity index (χ2v) is 6.97. The highest BCUT2D eigenvalue weighted by molar-refractivity contribution is 7.14. The van der Waals surface area contributed by atoms with Gasteiger partial charge in [0.15, 0.2) is 5.82 Å². The first kappa shape index (κ1) is 13.0. The van der Waals surface area contributed by atoms with Crippen LogP contribution in [0.4, 0.5) is 0 Å². The maximum absolute atomic E-state index is 12.4. The molecule has 1 atom stereocenters. The van der Waals surface area contributed by atoms with Gasteiger partial charge in [-0.25, -0.2) is 0 Å². The number of hydrogen-bond donors (Lipinski definition) is 1. The predicted octanol–water partition coefficient (Wildman–Crippen LogP) is 2.27. The number of fused-ring (bicyclic) bond motifs is 2. The number of nitrogens with zero attached hydrogens (tertiary/aromatic N) is 3. The number of hydrogen-bond acceptors (Lipinski definition) is 4. The Kier molecular flexibility index (Phi) is 3.06. The van der Waals surface area contributed by atoms with E-state index in [-0.39, 0.29) is 11.9 Å². The third kappa shape index (κ3) is 2.18. The van der Waals surface area contributed by atoms with E-state index in [0.717, 1.165) is 48.8 Å². The second-order valence-electron chi connectivity index (χ2n) is 5.84. The number of thiophene rings is 1. The first-order valence-electron chi connectivity index (χ1n) is 7.57. The van der Waals surface area contributed by atoms with Crippen LogP contribution in [-0.2, 0) is 25.8 Å². The van der Waals surface area contributed by atoms with Gasteiger partial charge in [0.2, 0.25) is 0 Å². The van der Waals surface area contributed by atoms with E-state index in [2.05, 4.69) is 26.1 Å². The van der Waals surface area contributed by atoms with E-state index in [1.165, 1.54) is 16.9 Å². The van der Waals surface area contributed by atoms with Crippen molar-refractivity contribution < 1.29 is 4.79 Å². The third-order valence-electron chi connectivity index (χ3n) is 4.34. The van der Waals surface area contributed by atoms with Crippen molar-refractivity contribution in [1.29, 1.82) is 0 Å². The first-order chi connectivity index (χ1) is 10.2. The molecule has 110 valence electrons. The Labute approximate surface area is 127 Å². The highest BCUT2D eigenvalue weighted by Gasteiger charge is 2.24. The lowest BCUT2D eigenvalue weighted by Crippen LogP contribution is -2.28. The zero-order valence-corrected chi connectivity index (χ0v) is 12.9. The van der Waals surface area contributed by atoms with Gasteiger partial charge in [0.1, 0.15) is 5.82 Å². The van der Waals surface area contributed by atoms with Gasteiger partial charge >= 0.3 is 0 Å². The van der Waals surface area contributed by atoms with E-state index in [4.69, 9.17) is 0 Å². The van der Waals surface area contributed by atoms with Gasteiger partial charge in [-0.15, -0.1) is 21.5 Å². The Hall–Kier alpha value is -1.69. The normalized spacial score (nSPS) is 17.6. The number of aromatic nitrogens is 3. The van der Waals surface area contributed by atoms with Gasteiger partial charge in [-0.3, -0.25) is 4.79 Å². The number of amides is 1. The molecule has 1 unspecified atom stereocenters. The molecule has 1 aliphatic heterocycles. The summed E-state index contributed by atoms with van der Waals surface area (Å²) >= 11 is 1.64. The van der Waals surface area contributed by atoms with E-state index >= 15 is 0 Å². The average Bonchev–Trinajstić information content (AvgIpc) is 3.17. The van der Waals surface area contributed by atoms with Gasteiger partial charge in [0, 0.05) is 17.8 Å². The molecule has 1 amide bonds. The van der Waals surface area contributed by atoms with E-state index in [9.17, 15) is 4.79 Å². The minimum Gasteiger partial charge on any atom is -0.342 e. The minimum absolute atomic E-state index is 0.0113. The van der Waals surface area contributed by atoms with E-state index < -0.39 is 0 Å². The van der Waals surface area contributed by atoms with Crippen molar-refractivity contribution in [3.8, 4) is 0 Å². The lowest BCUT2D eigenvalue weighted by atomic mass is 10.2. The zero-order chi connectivity index (χ0) is 14.4. The smallest absolute Gasteiger partial charge is 0.261 e. The molecule has 5 nitrogen and oxygen atoms in total. The summed E-state index contributed by atoms with van der Waals surface area (Å²) in [5.41, 5.74) is 1.36. The highest BCUT2D eigenvalue weighted by Crippen LogP contribution is 2.31. The van der Waals surface area contributed by atoms with Crippen molar-refractivity contribution in [3.63, 3.8) is 0 Å². The standard InChI is InChI=1S/C15H18N4OS/c1-9(14-18-17-13-6-3-7-19(13)14)16-15(20)12-8-10-4-2-5-11(10)21-12/h8-9H,2-7H2,1H3,(H,16,20). The molecule has 0 aromatic carbocycles. The van der Waals surface area contributed by atoms with Crippen LogP contribution in [0.2, 0.25) is 0 Å². The summed E-state index contributed by atoms with van der Waals surface area (Å²) in [7, 11) is 0.